The van der Waals surface area contributed by atoms with Crippen LogP contribution < -0.4 is 0 Å². The smallest absolute Gasteiger partial charge is 0.272 e. The van der Waals surface area contributed by atoms with Crippen LogP contribution in [0.5, 0.6) is 0 Å². The van der Waals surface area contributed by atoms with E-state index in [0.717, 1.165) is 6.92 Å². The summed E-state index contributed by atoms with van der Waals surface area (Å²) < 4.78 is 27.0. The molecule has 0 aliphatic carbocycles. The van der Waals surface area contributed by atoms with E-state index in [1.54, 1.807) is 6.21 Å². The first-order valence-electron chi connectivity index (χ1n) is 5.78. The van der Waals surface area contributed by atoms with E-state index in [1.807, 2.05) is 0 Å². The molecule has 0 saturated heterocycles. The monoisotopic (exact) mass is 265 g/mol. The lowest BCUT2D eigenvalue weighted by Gasteiger charge is -2.17. The van der Waals surface area contributed by atoms with E-state index >= 15 is 0 Å². The molecule has 1 aromatic rings. The van der Waals surface area contributed by atoms with Gasteiger partial charge in [0.25, 0.3) is 5.92 Å². The zero-order chi connectivity index (χ0) is 14.0. The van der Waals surface area contributed by atoms with Crippen LogP contribution in [0.2, 0.25) is 0 Å². The molecule has 2 heterocycles. The van der Waals surface area contributed by atoms with Crippen molar-refractivity contribution in [2.45, 2.75) is 25.7 Å². The molecule has 0 spiro atoms. The molecule has 4 nitrogen and oxygen atoms in total. The third kappa shape index (κ3) is 2.67. The van der Waals surface area contributed by atoms with Crippen molar-refractivity contribution in [2.24, 2.45) is 4.99 Å². The molecule has 0 aromatic carbocycles. The second kappa shape index (κ2) is 4.87. The Morgan fingerprint density at radius 2 is 2.21 bits per heavy atom. The van der Waals surface area contributed by atoms with E-state index in [2.05, 4.69) is 9.98 Å². The summed E-state index contributed by atoms with van der Waals surface area (Å²) in [7, 11) is 0. The predicted molar refractivity (Wildman–Crippen MR) is 68.8 cm³/mol. The summed E-state index contributed by atoms with van der Waals surface area (Å²) in [5, 5.41) is 17.7. The molecule has 100 valence electrons. The summed E-state index contributed by atoms with van der Waals surface area (Å²) in [5.41, 5.74) is -0.305. The van der Waals surface area contributed by atoms with E-state index < -0.39 is 5.92 Å². The Morgan fingerprint density at radius 3 is 2.84 bits per heavy atom. The molecular weight excluding hydrogens is 252 g/mol. The van der Waals surface area contributed by atoms with Crippen molar-refractivity contribution in [1.29, 1.82) is 5.41 Å². The number of nitrogens with one attached hydrogen (secondary N) is 1. The van der Waals surface area contributed by atoms with Crippen LogP contribution in [0.25, 0.3) is 5.76 Å². The van der Waals surface area contributed by atoms with Gasteiger partial charge in [-0.05, 0) is 25.0 Å². The van der Waals surface area contributed by atoms with Crippen LogP contribution in [0.15, 0.2) is 28.9 Å². The number of hydrogen-bond donors (Lipinski definition) is 2. The molecule has 1 aliphatic heterocycles. The number of alkyl halides is 2. The zero-order valence-corrected chi connectivity index (χ0v) is 10.3. The highest BCUT2D eigenvalue weighted by Gasteiger charge is 2.30. The molecule has 0 atom stereocenters. The van der Waals surface area contributed by atoms with Gasteiger partial charge in [0.2, 0.25) is 0 Å². The molecular formula is C13H13F2N3O. The van der Waals surface area contributed by atoms with Crippen LogP contribution in [0.3, 0.4) is 0 Å². The Kier molecular flexibility index (Phi) is 3.42. The van der Waals surface area contributed by atoms with Crippen molar-refractivity contribution in [2.75, 3.05) is 0 Å². The van der Waals surface area contributed by atoms with Crippen molar-refractivity contribution < 1.29 is 13.9 Å². The lowest BCUT2D eigenvalue weighted by atomic mass is 10.00. The fourth-order valence-electron chi connectivity index (χ4n) is 1.88. The molecule has 19 heavy (non-hydrogen) atoms. The maximum absolute atomic E-state index is 13.5. The summed E-state index contributed by atoms with van der Waals surface area (Å²) in [6, 6.07) is 2.60. The van der Waals surface area contributed by atoms with E-state index in [-0.39, 0.29) is 28.4 Å². The minimum absolute atomic E-state index is 0.111. The topological polar surface area (TPSA) is 69.3 Å². The summed E-state index contributed by atoms with van der Waals surface area (Å²) in [6.07, 6.45) is 3.84. The number of halogens is 2. The molecule has 0 amide bonds. The zero-order valence-electron chi connectivity index (χ0n) is 10.3. The second-order valence-electron chi connectivity index (χ2n) is 4.31. The van der Waals surface area contributed by atoms with Gasteiger partial charge in [-0.25, -0.2) is 13.8 Å². The number of aliphatic hydroxyl groups excluding tert-OH is 1. The number of aliphatic imine (C=N–C) groups is 1. The van der Waals surface area contributed by atoms with E-state index in [4.69, 9.17) is 5.41 Å². The molecule has 0 saturated carbocycles. The van der Waals surface area contributed by atoms with Crippen molar-refractivity contribution in [1.82, 2.24) is 4.98 Å². The highest BCUT2D eigenvalue weighted by molar-refractivity contribution is 6.06. The summed E-state index contributed by atoms with van der Waals surface area (Å²) in [5.74, 6) is -3.61. The molecule has 6 heteroatoms. The fourth-order valence-corrected chi connectivity index (χ4v) is 1.88. The first-order valence-corrected chi connectivity index (χ1v) is 5.78. The third-order valence-electron chi connectivity index (χ3n) is 2.82. The van der Waals surface area contributed by atoms with Gasteiger partial charge < -0.3 is 5.11 Å². The highest BCUT2D eigenvalue weighted by atomic mass is 19.3. The van der Waals surface area contributed by atoms with E-state index in [1.165, 1.54) is 18.3 Å². The summed E-state index contributed by atoms with van der Waals surface area (Å²) in [6.45, 7) is 0.746. The average molecular weight is 265 g/mol. The number of aliphatic hydroxyl groups is 1. The molecule has 1 aromatic heterocycles. The Bertz CT molecular complexity index is 573. The van der Waals surface area contributed by atoms with Crippen LogP contribution in [0, 0.1) is 5.41 Å². The molecule has 0 bridgehead atoms. The lowest BCUT2D eigenvalue weighted by molar-refractivity contribution is 0.0165. The standard InChI is InChI=1S/C13H13F2N3O/c1-13(14,15)9-5-3-6-17-10(9)11(19)8-4-2-7-18-12(8)16/h3,5-7,16,19H,2,4H2,1H3. The summed E-state index contributed by atoms with van der Waals surface area (Å²) >= 11 is 0. The van der Waals surface area contributed by atoms with Crippen LogP contribution in [0.4, 0.5) is 8.78 Å². The first kappa shape index (κ1) is 13.3. The van der Waals surface area contributed by atoms with Gasteiger partial charge >= 0.3 is 0 Å². The molecule has 0 unspecified atom stereocenters. The highest BCUT2D eigenvalue weighted by Crippen LogP contribution is 2.33. The Morgan fingerprint density at radius 1 is 1.47 bits per heavy atom. The number of pyridine rings is 1. The number of amidine groups is 1. The Balaban J connectivity index is 2.56. The first-order chi connectivity index (χ1) is 8.91. The van der Waals surface area contributed by atoms with E-state index in [9.17, 15) is 13.9 Å². The summed E-state index contributed by atoms with van der Waals surface area (Å²) in [4.78, 5) is 7.59. The molecule has 2 rings (SSSR count). The van der Waals surface area contributed by atoms with Crippen LogP contribution >= 0.6 is 0 Å². The van der Waals surface area contributed by atoms with E-state index in [0.29, 0.717) is 12.8 Å². The van der Waals surface area contributed by atoms with Crippen LogP contribution in [0.1, 0.15) is 31.0 Å². The normalized spacial score (nSPS) is 18.6. The molecule has 0 radical (unpaired) electrons. The second-order valence-corrected chi connectivity index (χ2v) is 4.31. The fraction of sp³-hybridized carbons (Fsp3) is 0.308. The molecule has 1 aliphatic rings. The van der Waals surface area contributed by atoms with Gasteiger partial charge in [0, 0.05) is 30.5 Å². The van der Waals surface area contributed by atoms with Crippen molar-refractivity contribution >= 4 is 17.8 Å². The van der Waals surface area contributed by atoms with Gasteiger partial charge in [0.05, 0.1) is 0 Å². The van der Waals surface area contributed by atoms with Crippen molar-refractivity contribution in [3.05, 3.63) is 35.2 Å². The van der Waals surface area contributed by atoms with Gasteiger partial charge in [-0.2, -0.15) is 0 Å². The van der Waals surface area contributed by atoms with Crippen LogP contribution in [-0.2, 0) is 5.92 Å². The van der Waals surface area contributed by atoms with Gasteiger partial charge in [0.1, 0.15) is 11.5 Å². The Labute approximate surface area is 109 Å². The molecule has 2 N–H and O–H groups in total. The quantitative estimate of drug-likeness (QED) is 0.805. The average Bonchev–Trinajstić information content (AvgIpc) is 2.37. The van der Waals surface area contributed by atoms with Gasteiger partial charge in [-0.3, -0.25) is 10.4 Å². The minimum atomic E-state index is -3.11. The lowest BCUT2D eigenvalue weighted by Crippen LogP contribution is -2.14. The predicted octanol–water partition coefficient (Wildman–Crippen LogP) is 3.30. The number of hydrogen-bond acceptors (Lipinski definition) is 3. The minimum Gasteiger partial charge on any atom is -0.505 e. The molecule has 0 fully saturated rings. The van der Waals surface area contributed by atoms with Gasteiger partial charge in [-0.15, -0.1) is 0 Å². The Hall–Kier alpha value is -2.11. The SMILES string of the molecule is CC(F)(F)c1cccnc1C(O)=C1CCC=NC1=N. The van der Waals surface area contributed by atoms with Crippen LogP contribution in [-0.4, -0.2) is 22.1 Å². The maximum Gasteiger partial charge on any atom is 0.272 e. The third-order valence-corrected chi connectivity index (χ3v) is 2.82. The number of aromatic nitrogens is 1. The van der Waals surface area contributed by atoms with Crippen molar-refractivity contribution in [3.63, 3.8) is 0 Å². The van der Waals surface area contributed by atoms with Gasteiger partial charge in [0.15, 0.2) is 5.84 Å². The number of nitrogens with zero attached hydrogens (tertiary/aromatic N) is 2. The maximum atomic E-state index is 13.5. The largest absolute Gasteiger partial charge is 0.505 e. The van der Waals surface area contributed by atoms with Gasteiger partial charge in [-0.1, -0.05) is 0 Å². The number of rotatable bonds is 2. The van der Waals surface area contributed by atoms with Crippen molar-refractivity contribution in [3.8, 4) is 0 Å².